The highest BCUT2D eigenvalue weighted by atomic mass is 16.6. The summed E-state index contributed by atoms with van der Waals surface area (Å²) in [6.07, 6.45) is 7.18. The maximum absolute atomic E-state index is 12.6. The molecule has 1 aromatic carbocycles. The van der Waals surface area contributed by atoms with E-state index in [0.29, 0.717) is 30.8 Å². The van der Waals surface area contributed by atoms with Gasteiger partial charge in [0, 0.05) is 32.1 Å². The Balaban J connectivity index is 1.36. The summed E-state index contributed by atoms with van der Waals surface area (Å²) in [4.78, 5) is 37.0. The van der Waals surface area contributed by atoms with E-state index in [0.717, 1.165) is 25.4 Å². The molecule has 150 valence electrons. The molecule has 0 unspecified atom stereocenters. The lowest BCUT2D eigenvalue weighted by Crippen LogP contribution is -2.44. The van der Waals surface area contributed by atoms with Crippen LogP contribution in [0.3, 0.4) is 0 Å². The monoisotopic (exact) mass is 387 g/mol. The van der Waals surface area contributed by atoms with Crippen molar-refractivity contribution in [3.8, 4) is 0 Å². The number of benzene rings is 1. The fourth-order valence-corrected chi connectivity index (χ4v) is 4.75. The third-order valence-electron chi connectivity index (χ3n) is 6.28. The highest BCUT2D eigenvalue weighted by Crippen LogP contribution is 2.36. The number of nitro benzene ring substituents is 1. The summed E-state index contributed by atoms with van der Waals surface area (Å²) in [5.74, 6) is 1.05. The number of aryl methyl sites for hydroxylation is 1. The number of non-ortho nitro benzene ring substituents is 1. The number of fused-ring (bicyclic) bond motifs is 2. The Kier molecular flexibility index (Phi) is 5.19. The lowest BCUT2D eigenvalue weighted by Gasteiger charge is -2.41. The lowest BCUT2D eigenvalue weighted by molar-refractivity contribution is -0.384. The molecule has 2 fully saturated rings. The first kappa shape index (κ1) is 18.7. The van der Waals surface area contributed by atoms with E-state index in [2.05, 4.69) is 0 Å². The van der Waals surface area contributed by atoms with Gasteiger partial charge in [-0.1, -0.05) is 19.3 Å². The number of piperidine rings is 1. The summed E-state index contributed by atoms with van der Waals surface area (Å²) in [5, 5.41) is 10.9. The first-order valence-electron chi connectivity index (χ1n) is 10.1. The zero-order chi connectivity index (χ0) is 19.7. The van der Waals surface area contributed by atoms with Crippen molar-refractivity contribution >= 4 is 22.7 Å². The molecule has 1 aromatic heterocycles. The highest BCUT2D eigenvalue weighted by molar-refractivity contribution is 5.77. The Morgan fingerprint density at radius 1 is 1.21 bits per heavy atom. The van der Waals surface area contributed by atoms with Crippen molar-refractivity contribution in [2.75, 3.05) is 13.1 Å². The van der Waals surface area contributed by atoms with Crippen LogP contribution in [-0.2, 0) is 11.3 Å². The Morgan fingerprint density at radius 2 is 2.00 bits per heavy atom. The number of nitro groups is 1. The van der Waals surface area contributed by atoms with Crippen molar-refractivity contribution < 1.29 is 14.1 Å². The largest absolute Gasteiger partial charge is 0.419 e. The van der Waals surface area contributed by atoms with Gasteiger partial charge >= 0.3 is 5.76 Å². The molecular formula is C20H25N3O5. The number of likely N-dealkylation sites (tertiary alicyclic amines) is 1. The van der Waals surface area contributed by atoms with Crippen LogP contribution in [0.25, 0.3) is 11.1 Å². The molecule has 0 bridgehead atoms. The first-order valence-corrected chi connectivity index (χ1v) is 10.1. The second-order valence-corrected chi connectivity index (χ2v) is 7.97. The topological polar surface area (TPSA) is 98.6 Å². The van der Waals surface area contributed by atoms with Crippen molar-refractivity contribution in [2.24, 2.45) is 11.8 Å². The molecule has 8 heteroatoms. The van der Waals surface area contributed by atoms with Gasteiger partial charge in [-0.05, 0) is 37.2 Å². The van der Waals surface area contributed by atoms with Crippen LogP contribution in [0.15, 0.2) is 27.4 Å². The number of aromatic nitrogens is 1. The predicted molar refractivity (Wildman–Crippen MR) is 103 cm³/mol. The van der Waals surface area contributed by atoms with Crippen molar-refractivity contribution in [1.29, 1.82) is 0 Å². The van der Waals surface area contributed by atoms with Gasteiger partial charge < -0.3 is 9.32 Å². The van der Waals surface area contributed by atoms with E-state index >= 15 is 0 Å². The average Bonchev–Trinajstić information content (AvgIpc) is 3.02. The molecule has 0 spiro atoms. The Morgan fingerprint density at radius 3 is 2.79 bits per heavy atom. The summed E-state index contributed by atoms with van der Waals surface area (Å²) in [5.41, 5.74) is 0.602. The second-order valence-electron chi connectivity index (χ2n) is 7.97. The van der Waals surface area contributed by atoms with Gasteiger partial charge in [-0.3, -0.25) is 19.5 Å². The normalized spacial score (nSPS) is 22.2. The molecule has 1 aliphatic heterocycles. The molecule has 8 nitrogen and oxygen atoms in total. The van der Waals surface area contributed by atoms with E-state index in [1.54, 1.807) is 0 Å². The molecular weight excluding hydrogens is 362 g/mol. The van der Waals surface area contributed by atoms with Gasteiger partial charge in [0.25, 0.3) is 5.69 Å². The van der Waals surface area contributed by atoms with Crippen LogP contribution in [0.5, 0.6) is 0 Å². The number of oxazole rings is 1. The lowest BCUT2D eigenvalue weighted by atomic mass is 9.75. The van der Waals surface area contributed by atoms with E-state index in [1.807, 2.05) is 4.90 Å². The fourth-order valence-electron chi connectivity index (χ4n) is 4.75. The van der Waals surface area contributed by atoms with E-state index in [1.165, 1.54) is 48.4 Å². The summed E-state index contributed by atoms with van der Waals surface area (Å²) in [7, 11) is 0. The minimum Gasteiger partial charge on any atom is -0.407 e. The van der Waals surface area contributed by atoms with E-state index in [4.69, 9.17) is 4.42 Å². The highest BCUT2D eigenvalue weighted by Gasteiger charge is 2.32. The van der Waals surface area contributed by atoms with Crippen molar-refractivity contribution in [1.82, 2.24) is 9.47 Å². The van der Waals surface area contributed by atoms with Crippen LogP contribution in [0.1, 0.15) is 44.9 Å². The molecule has 2 heterocycles. The number of amides is 1. The first-order chi connectivity index (χ1) is 13.5. The number of hydrogen-bond donors (Lipinski definition) is 0. The number of hydrogen-bond acceptors (Lipinski definition) is 5. The van der Waals surface area contributed by atoms with E-state index < -0.39 is 10.7 Å². The molecule has 4 rings (SSSR count). The number of nitrogens with zero attached hydrogens (tertiary/aromatic N) is 3. The van der Waals surface area contributed by atoms with Crippen molar-refractivity contribution in [3.05, 3.63) is 38.9 Å². The van der Waals surface area contributed by atoms with Crippen molar-refractivity contribution in [3.63, 3.8) is 0 Å². The molecule has 2 aromatic rings. The van der Waals surface area contributed by atoms with E-state index in [-0.39, 0.29) is 17.2 Å². The maximum Gasteiger partial charge on any atom is 0.419 e. The van der Waals surface area contributed by atoms with Crippen LogP contribution in [0.4, 0.5) is 5.69 Å². The van der Waals surface area contributed by atoms with Gasteiger partial charge in [0.1, 0.15) is 0 Å². The molecule has 0 radical (unpaired) electrons. The zero-order valence-electron chi connectivity index (χ0n) is 15.8. The van der Waals surface area contributed by atoms with Crippen LogP contribution in [-0.4, -0.2) is 33.4 Å². The summed E-state index contributed by atoms with van der Waals surface area (Å²) in [6.45, 7) is 2.08. The summed E-state index contributed by atoms with van der Waals surface area (Å²) in [6, 6.07) is 4.13. The van der Waals surface area contributed by atoms with E-state index in [9.17, 15) is 19.7 Å². The number of carbonyl (C=O) groups excluding carboxylic acids is 1. The number of rotatable bonds is 5. The average molecular weight is 387 g/mol. The fraction of sp³-hybridized carbons (Fsp3) is 0.600. The molecule has 28 heavy (non-hydrogen) atoms. The summed E-state index contributed by atoms with van der Waals surface area (Å²) < 4.78 is 6.57. The quantitative estimate of drug-likeness (QED) is 0.579. The Bertz CT molecular complexity index is 947. The smallest absolute Gasteiger partial charge is 0.407 e. The summed E-state index contributed by atoms with van der Waals surface area (Å²) >= 11 is 0. The van der Waals surface area contributed by atoms with Gasteiger partial charge in [0.05, 0.1) is 16.5 Å². The van der Waals surface area contributed by atoms with Crippen LogP contribution < -0.4 is 5.76 Å². The van der Waals surface area contributed by atoms with Gasteiger partial charge in [-0.25, -0.2) is 4.79 Å². The third-order valence-corrected chi connectivity index (χ3v) is 6.28. The van der Waals surface area contributed by atoms with Crippen LogP contribution in [0.2, 0.25) is 0 Å². The Labute approximate surface area is 162 Å². The molecule has 2 atom stereocenters. The molecule has 1 saturated carbocycles. The molecule has 1 amide bonds. The standard InChI is InChI=1S/C20H25N3O5/c24-19(21-11-9-14-4-1-2-5-15(14)13-21)6-3-10-22-17-8-7-16(23(26)27)12-18(17)28-20(22)25/h7-8,12,14-15H,1-6,9-11,13H2/t14-,15+/m1/s1. The SMILES string of the molecule is O=C(CCCn1c(=O)oc2cc([N+](=O)[O-])ccc21)N1CC[C@H]2CCCC[C@H]2C1. The van der Waals surface area contributed by atoms with Crippen LogP contribution >= 0.6 is 0 Å². The molecule has 1 aliphatic carbocycles. The van der Waals surface area contributed by atoms with Gasteiger partial charge in [0.15, 0.2) is 5.58 Å². The van der Waals surface area contributed by atoms with Gasteiger partial charge in [-0.15, -0.1) is 0 Å². The predicted octanol–water partition coefficient (Wildman–Crippen LogP) is 3.32. The van der Waals surface area contributed by atoms with Gasteiger partial charge in [-0.2, -0.15) is 0 Å². The Hall–Kier alpha value is -2.64. The second kappa shape index (κ2) is 7.77. The number of carbonyl (C=O) groups is 1. The minimum atomic E-state index is -0.550. The minimum absolute atomic E-state index is 0.116. The molecule has 1 saturated heterocycles. The molecule has 2 aliphatic rings. The maximum atomic E-state index is 12.6. The van der Waals surface area contributed by atoms with Gasteiger partial charge in [0.2, 0.25) is 5.91 Å². The zero-order valence-corrected chi connectivity index (χ0v) is 15.8. The third kappa shape index (κ3) is 3.68. The molecule has 0 N–H and O–H groups in total. The van der Waals surface area contributed by atoms with Crippen molar-refractivity contribution in [2.45, 2.75) is 51.5 Å². The van der Waals surface area contributed by atoms with Crippen LogP contribution in [0, 0.1) is 22.0 Å².